The van der Waals surface area contributed by atoms with Crippen molar-refractivity contribution >= 4 is 33.0 Å². The second-order valence-electron chi connectivity index (χ2n) is 5.64. The molecule has 4 nitrogen and oxygen atoms in total. The van der Waals surface area contributed by atoms with Crippen molar-refractivity contribution in [3.05, 3.63) is 82.0 Å². The molecule has 0 aliphatic carbocycles. The highest BCUT2D eigenvalue weighted by atomic mass is 35.5. The Labute approximate surface area is 156 Å². The van der Waals surface area contributed by atoms with Crippen molar-refractivity contribution in [3.8, 4) is 0 Å². The van der Waals surface area contributed by atoms with Gasteiger partial charge in [0, 0.05) is 12.7 Å². The summed E-state index contributed by atoms with van der Waals surface area (Å²) in [5.41, 5.74) is 2.72. The maximum atomic E-state index is 13.1. The molecule has 0 atom stereocenters. The van der Waals surface area contributed by atoms with E-state index in [1.165, 1.54) is 4.31 Å². The van der Waals surface area contributed by atoms with Gasteiger partial charge in [-0.3, -0.25) is 4.98 Å². The number of rotatable bonds is 6. The van der Waals surface area contributed by atoms with Gasteiger partial charge in [-0.1, -0.05) is 47.5 Å². The predicted octanol–water partition coefficient (Wildman–Crippen LogP) is 4.50. The molecular weight excluding hydrogens is 376 g/mol. The molecule has 3 aromatic rings. The number of hydrogen-bond donors (Lipinski definition) is 0. The first-order valence-electron chi connectivity index (χ1n) is 7.66. The number of aromatic nitrogens is 1. The average molecular weight is 393 g/mol. The largest absolute Gasteiger partial charge is 0.260 e. The van der Waals surface area contributed by atoms with E-state index in [9.17, 15) is 8.42 Å². The van der Waals surface area contributed by atoms with Crippen LogP contribution in [0.25, 0.3) is 0 Å². The van der Waals surface area contributed by atoms with E-state index in [1.54, 1.807) is 18.3 Å². The number of benzene rings is 1. The molecule has 1 aromatic carbocycles. The van der Waals surface area contributed by atoms with E-state index in [4.69, 9.17) is 11.6 Å². The summed E-state index contributed by atoms with van der Waals surface area (Å²) in [4.78, 5) is 4.26. The van der Waals surface area contributed by atoms with Gasteiger partial charge < -0.3 is 0 Å². The quantitative estimate of drug-likeness (QED) is 0.620. The van der Waals surface area contributed by atoms with Crippen LogP contribution in [-0.4, -0.2) is 17.7 Å². The second kappa shape index (κ2) is 7.66. The SMILES string of the molecule is Cc1cccc(CN(Cc2ccccn2)S(=O)(=O)c2ccc(Cl)s2)c1. The Balaban J connectivity index is 1.96. The molecule has 0 saturated heterocycles. The Morgan fingerprint density at radius 3 is 2.56 bits per heavy atom. The highest BCUT2D eigenvalue weighted by Crippen LogP contribution is 2.29. The van der Waals surface area contributed by atoms with Crippen LogP contribution < -0.4 is 0 Å². The van der Waals surface area contributed by atoms with Crippen LogP contribution in [-0.2, 0) is 23.1 Å². The summed E-state index contributed by atoms with van der Waals surface area (Å²) >= 11 is 7.00. The van der Waals surface area contributed by atoms with Crippen LogP contribution >= 0.6 is 22.9 Å². The smallest absolute Gasteiger partial charge is 0.253 e. The van der Waals surface area contributed by atoms with Crippen LogP contribution in [0.1, 0.15) is 16.8 Å². The predicted molar refractivity (Wildman–Crippen MR) is 101 cm³/mol. The number of sulfonamides is 1. The Kier molecular flexibility index (Phi) is 5.54. The molecule has 0 saturated carbocycles. The normalized spacial score (nSPS) is 11.8. The molecule has 0 N–H and O–H groups in total. The maximum Gasteiger partial charge on any atom is 0.253 e. The van der Waals surface area contributed by atoms with E-state index in [-0.39, 0.29) is 17.3 Å². The van der Waals surface area contributed by atoms with Gasteiger partial charge in [0.05, 0.1) is 16.6 Å². The van der Waals surface area contributed by atoms with Gasteiger partial charge in [-0.15, -0.1) is 11.3 Å². The van der Waals surface area contributed by atoms with Crippen molar-refractivity contribution in [2.24, 2.45) is 0 Å². The standard InChI is InChI=1S/C18H17ClN2O2S2/c1-14-5-4-6-15(11-14)12-21(13-16-7-2-3-10-20-16)25(22,23)18-9-8-17(19)24-18/h2-11H,12-13H2,1H3. The first kappa shape index (κ1) is 18.1. The molecule has 2 heterocycles. The lowest BCUT2D eigenvalue weighted by Crippen LogP contribution is -2.30. The lowest BCUT2D eigenvalue weighted by molar-refractivity contribution is 0.398. The van der Waals surface area contributed by atoms with Crippen molar-refractivity contribution in [2.45, 2.75) is 24.2 Å². The van der Waals surface area contributed by atoms with Gasteiger partial charge >= 0.3 is 0 Å². The zero-order valence-electron chi connectivity index (χ0n) is 13.6. The van der Waals surface area contributed by atoms with E-state index >= 15 is 0 Å². The fourth-order valence-electron chi connectivity index (χ4n) is 2.48. The van der Waals surface area contributed by atoms with Crippen LogP contribution in [0, 0.1) is 6.92 Å². The molecule has 0 spiro atoms. The van der Waals surface area contributed by atoms with E-state index in [0.29, 0.717) is 10.0 Å². The molecule has 25 heavy (non-hydrogen) atoms. The Hall–Kier alpha value is -1.73. The molecule has 130 valence electrons. The number of aryl methyl sites for hydroxylation is 1. The first-order valence-corrected chi connectivity index (χ1v) is 10.3. The fourth-order valence-corrected chi connectivity index (χ4v) is 5.51. The third-order valence-corrected chi connectivity index (χ3v) is 7.14. The van der Waals surface area contributed by atoms with Crippen LogP contribution in [0.15, 0.2) is 65.0 Å². The molecule has 0 unspecified atom stereocenters. The summed E-state index contributed by atoms with van der Waals surface area (Å²) in [6.45, 7) is 2.46. The lowest BCUT2D eigenvalue weighted by atomic mass is 10.1. The monoisotopic (exact) mass is 392 g/mol. The minimum absolute atomic E-state index is 0.201. The first-order chi connectivity index (χ1) is 11.9. The van der Waals surface area contributed by atoms with Gasteiger partial charge in [-0.2, -0.15) is 4.31 Å². The molecule has 2 aromatic heterocycles. The summed E-state index contributed by atoms with van der Waals surface area (Å²) in [7, 11) is -3.66. The van der Waals surface area contributed by atoms with E-state index in [0.717, 1.165) is 22.5 Å². The molecule has 7 heteroatoms. The van der Waals surface area contributed by atoms with Gasteiger partial charge in [-0.05, 0) is 36.8 Å². The number of thiophene rings is 1. The van der Waals surface area contributed by atoms with Crippen molar-refractivity contribution in [2.75, 3.05) is 0 Å². The minimum Gasteiger partial charge on any atom is -0.260 e. The highest BCUT2D eigenvalue weighted by Gasteiger charge is 2.27. The van der Waals surface area contributed by atoms with Gasteiger partial charge in [0.15, 0.2) is 0 Å². The summed E-state index contributed by atoms with van der Waals surface area (Å²) in [5.74, 6) is 0. The van der Waals surface area contributed by atoms with Crippen LogP contribution in [0.5, 0.6) is 0 Å². The lowest BCUT2D eigenvalue weighted by Gasteiger charge is -2.21. The number of nitrogens with zero attached hydrogens (tertiary/aromatic N) is 2. The number of halogens is 1. The van der Waals surface area contributed by atoms with Crippen molar-refractivity contribution in [1.29, 1.82) is 0 Å². The molecule has 0 aliphatic rings. The Morgan fingerprint density at radius 2 is 1.92 bits per heavy atom. The molecule has 0 fully saturated rings. The third-order valence-electron chi connectivity index (χ3n) is 3.65. The second-order valence-corrected chi connectivity index (χ2v) is 9.52. The molecule has 0 amide bonds. The van der Waals surface area contributed by atoms with Gasteiger partial charge in [0.2, 0.25) is 0 Å². The number of hydrogen-bond acceptors (Lipinski definition) is 4. The van der Waals surface area contributed by atoms with Gasteiger partial charge in [-0.25, -0.2) is 8.42 Å². The van der Waals surface area contributed by atoms with Crippen molar-refractivity contribution in [3.63, 3.8) is 0 Å². The highest BCUT2D eigenvalue weighted by molar-refractivity contribution is 7.91. The Bertz CT molecular complexity index is 956. The molecule has 0 aliphatic heterocycles. The van der Waals surface area contributed by atoms with Crippen molar-refractivity contribution < 1.29 is 8.42 Å². The van der Waals surface area contributed by atoms with Gasteiger partial charge in [0.1, 0.15) is 4.21 Å². The minimum atomic E-state index is -3.66. The van der Waals surface area contributed by atoms with Crippen molar-refractivity contribution in [1.82, 2.24) is 9.29 Å². The van der Waals surface area contributed by atoms with E-state index in [2.05, 4.69) is 4.98 Å². The molecule has 0 bridgehead atoms. The molecule has 0 radical (unpaired) electrons. The zero-order valence-corrected chi connectivity index (χ0v) is 16.0. The van der Waals surface area contributed by atoms with Crippen LogP contribution in [0.4, 0.5) is 0 Å². The third kappa shape index (κ3) is 4.46. The Morgan fingerprint density at radius 1 is 1.08 bits per heavy atom. The topological polar surface area (TPSA) is 50.3 Å². The summed E-state index contributed by atoms with van der Waals surface area (Å²) in [6.07, 6.45) is 1.66. The maximum absolute atomic E-state index is 13.1. The molecule has 3 rings (SSSR count). The van der Waals surface area contributed by atoms with Gasteiger partial charge in [0.25, 0.3) is 10.0 Å². The summed E-state index contributed by atoms with van der Waals surface area (Å²) in [5, 5.41) is 0. The number of pyridine rings is 1. The summed E-state index contributed by atoms with van der Waals surface area (Å²) in [6, 6.07) is 16.5. The fraction of sp³-hybridized carbons (Fsp3) is 0.167. The van der Waals surface area contributed by atoms with Crippen LogP contribution in [0.3, 0.4) is 0 Å². The van der Waals surface area contributed by atoms with Crippen LogP contribution in [0.2, 0.25) is 4.34 Å². The summed E-state index contributed by atoms with van der Waals surface area (Å²) < 4.78 is 28.3. The average Bonchev–Trinajstić information content (AvgIpc) is 3.03. The van der Waals surface area contributed by atoms with E-state index in [1.807, 2.05) is 49.4 Å². The molecular formula is C18H17ClN2O2S2. The van der Waals surface area contributed by atoms with E-state index < -0.39 is 10.0 Å². The zero-order chi connectivity index (χ0) is 17.9.